The van der Waals surface area contributed by atoms with Gasteiger partial charge >= 0.3 is 0 Å². The molecule has 0 aromatic heterocycles. The quantitative estimate of drug-likeness (QED) is 0.527. The Labute approximate surface area is 105 Å². The van der Waals surface area contributed by atoms with Gasteiger partial charge in [0.1, 0.15) is 0 Å². The van der Waals surface area contributed by atoms with E-state index < -0.39 is 0 Å². The highest BCUT2D eigenvalue weighted by Gasteiger charge is 2.34. The van der Waals surface area contributed by atoms with Crippen molar-refractivity contribution in [3.8, 4) is 0 Å². The van der Waals surface area contributed by atoms with Gasteiger partial charge in [-0.15, -0.1) is 0 Å². The van der Waals surface area contributed by atoms with Crippen LogP contribution in [-0.2, 0) is 0 Å². The summed E-state index contributed by atoms with van der Waals surface area (Å²) < 4.78 is 0. The number of aliphatic hydroxyl groups is 1. The van der Waals surface area contributed by atoms with E-state index in [1.165, 1.54) is 25.8 Å². The monoisotopic (exact) mass is 237 g/mol. The van der Waals surface area contributed by atoms with Crippen molar-refractivity contribution in [3.63, 3.8) is 0 Å². The molecule has 0 radical (unpaired) electrons. The normalized spacial score (nSPS) is 31.4. The Morgan fingerprint density at radius 3 is 2.71 bits per heavy atom. The number of hydrogen-bond acceptors (Lipinski definition) is 2. The molecule has 2 nitrogen and oxygen atoms in total. The van der Waals surface area contributed by atoms with Crippen LogP contribution in [0.1, 0.15) is 39.5 Å². The fourth-order valence-electron chi connectivity index (χ4n) is 3.19. The maximum Gasteiger partial charge on any atom is 0.0482 e. The van der Waals surface area contributed by atoms with E-state index in [4.69, 9.17) is 5.11 Å². The standard InChI is InChI=1S/C15H27NO/c1-15(2,11-17)6-3-7-16-10-14-9-12-4-5-13(14)8-12/h4-5,12-14,16-17H,3,6-11H2,1-2H3. The summed E-state index contributed by atoms with van der Waals surface area (Å²) in [5, 5.41) is 12.8. The molecule has 98 valence electrons. The summed E-state index contributed by atoms with van der Waals surface area (Å²) in [6.07, 6.45) is 9.91. The molecule has 17 heavy (non-hydrogen) atoms. The largest absolute Gasteiger partial charge is 0.396 e. The highest BCUT2D eigenvalue weighted by atomic mass is 16.3. The lowest BCUT2D eigenvalue weighted by Crippen LogP contribution is -2.27. The minimum Gasteiger partial charge on any atom is -0.396 e. The molecule has 0 aromatic carbocycles. The van der Waals surface area contributed by atoms with Crippen LogP contribution in [0.2, 0.25) is 0 Å². The van der Waals surface area contributed by atoms with Gasteiger partial charge in [-0.2, -0.15) is 0 Å². The molecule has 0 spiro atoms. The second-order valence-corrected chi connectivity index (χ2v) is 6.67. The minimum atomic E-state index is 0.0941. The minimum absolute atomic E-state index is 0.0941. The molecule has 2 aliphatic carbocycles. The first kappa shape index (κ1) is 13.1. The van der Waals surface area contributed by atoms with Crippen LogP contribution < -0.4 is 5.32 Å². The third kappa shape index (κ3) is 3.56. The predicted molar refractivity (Wildman–Crippen MR) is 71.8 cm³/mol. The molecule has 2 aliphatic rings. The number of aliphatic hydroxyl groups excluding tert-OH is 1. The Balaban J connectivity index is 1.54. The van der Waals surface area contributed by atoms with Crippen LogP contribution in [0.4, 0.5) is 0 Å². The lowest BCUT2D eigenvalue weighted by molar-refractivity contribution is 0.147. The first-order valence-electron chi connectivity index (χ1n) is 7.11. The van der Waals surface area contributed by atoms with Gasteiger partial charge in [0.25, 0.3) is 0 Å². The molecule has 0 aliphatic heterocycles. The molecule has 2 N–H and O–H groups in total. The summed E-state index contributed by atoms with van der Waals surface area (Å²) in [4.78, 5) is 0. The molecule has 0 saturated heterocycles. The zero-order chi connectivity index (χ0) is 12.3. The third-order valence-corrected chi connectivity index (χ3v) is 4.46. The maximum absolute atomic E-state index is 9.17. The van der Waals surface area contributed by atoms with Gasteiger partial charge in [-0.3, -0.25) is 0 Å². The Hall–Kier alpha value is -0.340. The van der Waals surface area contributed by atoms with E-state index in [2.05, 4.69) is 31.3 Å². The number of rotatable bonds is 7. The number of allylic oxidation sites excluding steroid dienone is 2. The van der Waals surface area contributed by atoms with E-state index in [0.29, 0.717) is 6.61 Å². The summed E-state index contributed by atoms with van der Waals surface area (Å²) in [6, 6.07) is 0. The molecule has 0 heterocycles. The number of hydrogen-bond donors (Lipinski definition) is 2. The highest BCUT2D eigenvalue weighted by Crippen LogP contribution is 2.42. The SMILES string of the molecule is CC(C)(CO)CCCNCC1CC2C=CC1C2. The van der Waals surface area contributed by atoms with E-state index in [9.17, 15) is 0 Å². The average molecular weight is 237 g/mol. The molecule has 0 aromatic rings. The summed E-state index contributed by atoms with van der Waals surface area (Å²) in [5.74, 6) is 2.64. The van der Waals surface area contributed by atoms with Crippen molar-refractivity contribution in [1.82, 2.24) is 5.32 Å². The van der Waals surface area contributed by atoms with Crippen molar-refractivity contribution in [3.05, 3.63) is 12.2 Å². The van der Waals surface area contributed by atoms with E-state index in [0.717, 1.165) is 30.7 Å². The molecule has 3 unspecified atom stereocenters. The molecular formula is C15H27NO. The Morgan fingerprint density at radius 1 is 1.29 bits per heavy atom. The first-order chi connectivity index (χ1) is 8.11. The van der Waals surface area contributed by atoms with Crippen LogP contribution in [0.5, 0.6) is 0 Å². The molecule has 2 rings (SSSR count). The number of nitrogens with one attached hydrogen (secondary N) is 1. The van der Waals surface area contributed by atoms with E-state index in [1.54, 1.807) is 0 Å². The topological polar surface area (TPSA) is 32.3 Å². The fraction of sp³-hybridized carbons (Fsp3) is 0.867. The Kier molecular flexibility index (Phi) is 4.26. The first-order valence-corrected chi connectivity index (χ1v) is 7.11. The molecule has 2 bridgehead atoms. The third-order valence-electron chi connectivity index (χ3n) is 4.46. The zero-order valence-corrected chi connectivity index (χ0v) is 11.3. The van der Waals surface area contributed by atoms with Crippen LogP contribution in [-0.4, -0.2) is 24.8 Å². The van der Waals surface area contributed by atoms with Crippen LogP contribution in [0.3, 0.4) is 0 Å². The van der Waals surface area contributed by atoms with E-state index >= 15 is 0 Å². The second kappa shape index (κ2) is 5.53. The van der Waals surface area contributed by atoms with Gasteiger partial charge in [-0.25, -0.2) is 0 Å². The molecule has 1 fully saturated rings. The maximum atomic E-state index is 9.17. The van der Waals surface area contributed by atoms with E-state index in [1.807, 2.05) is 0 Å². The molecular weight excluding hydrogens is 210 g/mol. The lowest BCUT2D eigenvalue weighted by Gasteiger charge is -2.22. The van der Waals surface area contributed by atoms with Crippen LogP contribution >= 0.6 is 0 Å². The van der Waals surface area contributed by atoms with Crippen molar-refractivity contribution in [2.24, 2.45) is 23.2 Å². The summed E-state index contributed by atoms with van der Waals surface area (Å²) in [6.45, 7) is 6.84. The zero-order valence-electron chi connectivity index (χ0n) is 11.3. The van der Waals surface area contributed by atoms with Gasteiger partial charge in [0, 0.05) is 6.61 Å². The Bertz CT molecular complexity index is 272. The number of fused-ring (bicyclic) bond motifs is 2. The molecule has 1 saturated carbocycles. The Morgan fingerprint density at radius 2 is 2.12 bits per heavy atom. The fourth-order valence-corrected chi connectivity index (χ4v) is 3.19. The van der Waals surface area contributed by atoms with Crippen molar-refractivity contribution < 1.29 is 5.11 Å². The van der Waals surface area contributed by atoms with Crippen molar-refractivity contribution in [1.29, 1.82) is 0 Å². The van der Waals surface area contributed by atoms with Crippen LogP contribution in [0, 0.1) is 23.2 Å². The van der Waals surface area contributed by atoms with Gasteiger partial charge in [-0.1, -0.05) is 26.0 Å². The van der Waals surface area contributed by atoms with Crippen LogP contribution in [0.25, 0.3) is 0 Å². The van der Waals surface area contributed by atoms with Crippen molar-refractivity contribution in [2.45, 2.75) is 39.5 Å². The highest BCUT2D eigenvalue weighted by molar-refractivity contribution is 5.10. The molecule has 0 amide bonds. The smallest absolute Gasteiger partial charge is 0.0482 e. The average Bonchev–Trinajstić information content (AvgIpc) is 2.90. The summed E-state index contributed by atoms with van der Waals surface area (Å²) in [7, 11) is 0. The van der Waals surface area contributed by atoms with Crippen molar-refractivity contribution >= 4 is 0 Å². The second-order valence-electron chi connectivity index (χ2n) is 6.67. The molecule has 2 heteroatoms. The van der Waals surface area contributed by atoms with Gasteiger partial charge < -0.3 is 10.4 Å². The van der Waals surface area contributed by atoms with Gasteiger partial charge in [0.05, 0.1) is 0 Å². The van der Waals surface area contributed by atoms with E-state index in [-0.39, 0.29) is 5.41 Å². The lowest BCUT2D eigenvalue weighted by atomic mass is 9.89. The summed E-state index contributed by atoms with van der Waals surface area (Å²) in [5.41, 5.74) is 0.0941. The van der Waals surface area contributed by atoms with Crippen LogP contribution in [0.15, 0.2) is 12.2 Å². The van der Waals surface area contributed by atoms with Gasteiger partial charge in [0.2, 0.25) is 0 Å². The van der Waals surface area contributed by atoms with Gasteiger partial charge in [-0.05, 0) is 61.9 Å². The molecule has 3 atom stereocenters. The van der Waals surface area contributed by atoms with Gasteiger partial charge in [0.15, 0.2) is 0 Å². The summed E-state index contributed by atoms with van der Waals surface area (Å²) >= 11 is 0. The predicted octanol–water partition coefficient (Wildman–Crippen LogP) is 2.59. The van der Waals surface area contributed by atoms with Crippen molar-refractivity contribution in [2.75, 3.05) is 19.7 Å².